The second kappa shape index (κ2) is 4.28. The van der Waals surface area contributed by atoms with Gasteiger partial charge in [0.2, 0.25) is 0 Å². The van der Waals surface area contributed by atoms with E-state index in [0.717, 1.165) is 5.69 Å². The van der Waals surface area contributed by atoms with Crippen molar-refractivity contribution in [1.29, 1.82) is 0 Å². The lowest BCUT2D eigenvalue weighted by atomic mass is 10.3. The van der Waals surface area contributed by atoms with Gasteiger partial charge in [0.1, 0.15) is 0 Å². The van der Waals surface area contributed by atoms with Crippen molar-refractivity contribution >= 4 is 20.6 Å². The summed E-state index contributed by atoms with van der Waals surface area (Å²) in [6, 6.07) is 7.78. The summed E-state index contributed by atoms with van der Waals surface area (Å²) in [5, 5.41) is 1.19. The molecule has 64 valence electrons. The van der Waals surface area contributed by atoms with Crippen molar-refractivity contribution in [3.05, 3.63) is 24.3 Å². The SMILES string of the molecule is CC(C)O[Si]c1ccc(N)cc1. The smallest absolute Gasteiger partial charge is 0.269 e. The maximum absolute atomic E-state index is 5.54. The maximum atomic E-state index is 5.54. The van der Waals surface area contributed by atoms with E-state index >= 15 is 0 Å². The van der Waals surface area contributed by atoms with Gasteiger partial charge in [0, 0.05) is 11.8 Å². The third-order valence-electron chi connectivity index (χ3n) is 1.32. The van der Waals surface area contributed by atoms with Gasteiger partial charge < -0.3 is 10.2 Å². The van der Waals surface area contributed by atoms with Gasteiger partial charge in [0.15, 0.2) is 0 Å². The molecule has 0 saturated carbocycles. The summed E-state index contributed by atoms with van der Waals surface area (Å²) in [5.41, 5.74) is 6.34. The summed E-state index contributed by atoms with van der Waals surface area (Å²) in [7, 11) is 0.426. The standard InChI is InChI=1S/C9H13NOSi/c1-7(2)11-12-9-5-3-8(10)4-6-9/h3-7H,10H2,1-2H3. The largest absolute Gasteiger partial charge is 0.409 e. The van der Waals surface area contributed by atoms with E-state index in [2.05, 4.69) is 0 Å². The quantitative estimate of drug-likeness (QED) is 0.553. The summed E-state index contributed by atoms with van der Waals surface area (Å²) >= 11 is 0. The monoisotopic (exact) mass is 179 g/mol. The van der Waals surface area contributed by atoms with Crippen molar-refractivity contribution in [2.24, 2.45) is 0 Å². The topological polar surface area (TPSA) is 35.2 Å². The zero-order chi connectivity index (χ0) is 8.97. The molecule has 0 aliphatic heterocycles. The average Bonchev–Trinajstić information content (AvgIpc) is 2.03. The molecule has 1 aromatic rings. The maximum Gasteiger partial charge on any atom is 0.269 e. The second-order valence-corrected chi connectivity index (χ2v) is 3.91. The Hall–Kier alpha value is -0.803. The van der Waals surface area contributed by atoms with Gasteiger partial charge in [-0.15, -0.1) is 0 Å². The summed E-state index contributed by atoms with van der Waals surface area (Å²) in [6.45, 7) is 4.06. The molecule has 0 spiro atoms. The number of nitrogens with two attached hydrogens (primary N) is 1. The lowest BCUT2D eigenvalue weighted by Gasteiger charge is -2.05. The Kier molecular flexibility index (Phi) is 3.31. The molecule has 2 radical (unpaired) electrons. The highest BCUT2D eigenvalue weighted by atomic mass is 28.2. The third-order valence-corrected chi connectivity index (χ3v) is 2.48. The molecule has 1 rings (SSSR count). The van der Waals surface area contributed by atoms with Gasteiger partial charge in [-0.25, -0.2) is 0 Å². The first-order valence-corrected chi connectivity index (χ1v) is 4.86. The van der Waals surface area contributed by atoms with Crippen LogP contribution < -0.4 is 10.9 Å². The highest BCUT2D eigenvalue weighted by molar-refractivity contribution is 6.46. The molecule has 0 unspecified atom stereocenters. The van der Waals surface area contributed by atoms with Crippen molar-refractivity contribution < 1.29 is 4.43 Å². The minimum Gasteiger partial charge on any atom is -0.409 e. The van der Waals surface area contributed by atoms with Crippen LogP contribution in [0.25, 0.3) is 0 Å². The molecule has 0 fully saturated rings. The van der Waals surface area contributed by atoms with E-state index in [1.54, 1.807) is 0 Å². The van der Waals surface area contributed by atoms with Gasteiger partial charge in [-0.1, -0.05) is 12.1 Å². The molecule has 1 aromatic carbocycles. The van der Waals surface area contributed by atoms with Crippen LogP contribution in [0.4, 0.5) is 5.69 Å². The average molecular weight is 179 g/mol. The lowest BCUT2D eigenvalue weighted by Crippen LogP contribution is -2.20. The number of rotatable bonds is 3. The van der Waals surface area contributed by atoms with Crippen LogP contribution in [0, 0.1) is 0 Å². The molecular formula is C9H13NOSi. The number of benzene rings is 1. The third kappa shape index (κ3) is 3.07. The van der Waals surface area contributed by atoms with E-state index in [1.807, 2.05) is 38.1 Å². The molecule has 0 atom stereocenters. The minimum atomic E-state index is 0.292. The van der Waals surface area contributed by atoms with Gasteiger partial charge in [-0.05, 0) is 31.2 Å². The highest BCUT2D eigenvalue weighted by Gasteiger charge is 1.97. The van der Waals surface area contributed by atoms with Crippen LogP contribution in [0.15, 0.2) is 24.3 Å². The van der Waals surface area contributed by atoms with Crippen LogP contribution in [-0.2, 0) is 4.43 Å². The Morgan fingerprint density at radius 2 is 1.83 bits per heavy atom. The summed E-state index contributed by atoms with van der Waals surface area (Å²) < 4.78 is 5.45. The molecule has 0 bridgehead atoms. The van der Waals surface area contributed by atoms with E-state index in [-0.39, 0.29) is 0 Å². The van der Waals surface area contributed by atoms with Gasteiger partial charge in [-0.2, -0.15) is 0 Å². The van der Waals surface area contributed by atoms with Gasteiger partial charge >= 0.3 is 0 Å². The first kappa shape index (κ1) is 9.29. The predicted octanol–water partition coefficient (Wildman–Crippen LogP) is 0.938. The molecule has 12 heavy (non-hydrogen) atoms. The number of nitrogen functional groups attached to an aromatic ring is 1. The van der Waals surface area contributed by atoms with Crippen LogP contribution in [0.1, 0.15) is 13.8 Å². The van der Waals surface area contributed by atoms with Crippen molar-refractivity contribution in [2.75, 3.05) is 5.73 Å². The molecule has 0 aliphatic rings. The normalized spacial score (nSPS) is 10.6. The van der Waals surface area contributed by atoms with Crippen LogP contribution in [0.5, 0.6) is 0 Å². The van der Waals surface area contributed by atoms with Crippen molar-refractivity contribution in [3.8, 4) is 0 Å². The van der Waals surface area contributed by atoms with Crippen LogP contribution in [0.2, 0.25) is 0 Å². The van der Waals surface area contributed by atoms with Crippen LogP contribution in [0.3, 0.4) is 0 Å². The number of hydrogen-bond donors (Lipinski definition) is 1. The number of hydrogen-bond acceptors (Lipinski definition) is 2. The Morgan fingerprint density at radius 3 is 2.33 bits per heavy atom. The molecule has 0 amide bonds. The second-order valence-electron chi connectivity index (χ2n) is 2.89. The fourth-order valence-corrected chi connectivity index (χ4v) is 1.41. The Balaban J connectivity index is 2.48. The van der Waals surface area contributed by atoms with E-state index in [9.17, 15) is 0 Å². The van der Waals surface area contributed by atoms with Crippen LogP contribution in [-0.4, -0.2) is 15.9 Å². The Morgan fingerprint density at radius 1 is 1.25 bits per heavy atom. The zero-order valence-corrected chi connectivity index (χ0v) is 8.37. The zero-order valence-electron chi connectivity index (χ0n) is 7.37. The molecule has 3 heteroatoms. The van der Waals surface area contributed by atoms with E-state index in [4.69, 9.17) is 10.2 Å². The molecular weight excluding hydrogens is 166 g/mol. The number of anilines is 1. The molecule has 0 heterocycles. The van der Waals surface area contributed by atoms with Gasteiger partial charge in [-0.3, -0.25) is 0 Å². The molecule has 2 N–H and O–H groups in total. The van der Waals surface area contributed by atoms with Crippen LogP contribution >= 0.6 is 0 Å². The van der Waals surface area contributed by atoms with Crippen molar-refractivity contribution in [3.63, 3.8) is 0 Å². The summed E-state index contributed by atoms with van der Waals surface area (Å²) in [6.07, 6.45) is 0.292. The Bertz CT molecular complexity index is 233. The first-order chi connectivity index (χ1) is 5.68. The summed E-state index contributed by atoms with van der Waals surface area (Å²) in [5.74, 6) is 0. The first-order valence-electron chi connectivity index (χ1n) is 3.95. The van der Waals surface area contributed by atoms with Crippen molar-refractivity contribution in [1.82, 2.24) is 0 Å². The lowest BCUT2D eigenvalue weighted by molar-refractivity contribution is 0.260. The minimum absolute atomic E-state index is 0.292. The van der Waals surface area contributed by atoms with E-state index < -0.39 is 0 Å². The van der Waals surface area contributed by atoms with Gasteiger partial charge in [0.25, 0.3) is 9.76 Å². The highest BCUT2D eigenvalue weighted by Crippen LogP contribution is 1.96. The molecule has 0 aromatic heterocycles. The predicted molar refractivity (Wildman–Crippen MR) is 52.5 cm³/mol. The van der Waals surface area contributed by atoms with E-state index in [0.29, 0.717) is 15.9 Å². The van der Waals surface area contributed by atoms with E-state index in [1.165, 1.54) is 5.19 Å². The molecule has 0 saturated heterocycles. The summed E-state index contributed by atoms with van der Waals surface area (Å²) in [4.78, 5) is 0. The fraction of sp³-hybridized carbons (Fsp3) is 0.333. The van der Waals surface area contributed by atoms with Gasteiger partial charge in [0.05, 0.1) is 0 Å². The van der Waals surface area contributed by atoms with Crippen molar-refractivity contribution in [2.45, 2.75) is 20.0 Å². The molecule has 0 aliphatic carbocycles. The molecule has 2 nitrogen and oxygen atoms in total. The fourth-order valence-electron chi connectivity index (χ4n) is 0.737. The Labute approximate surface area is 75.7 Å².